The van der Waals surface area contributed by atoms with E-state index < -0.39 is 0 Å². The maximum Gasteiger partial charge on any atom is 0.135 e. The Morgan fingerprint density at radius 2 is 1.18 bits per heavy atom. The predicted octanol–water partition coefficient (Wildman–Crippen LogP) is 13.3. The van der Waals surface area contributed by atoms with Crippen molar-refractivity contribution in [1.29, 1.82) is 0 Å². The molecule has 0 saturated heterocycles. The molecule has 0 saturated carbocycles. The van der Waals surface area contributed by atoms with Gasteiger partial charge in [0.15, 0.2) is 0 Å². The summed E-state index contributed by atoms with van der Waals surface area (Å²) in [5.74, 6) is 1.82. The van der Waals surface area contributed by atoms with Crippen LogP contribution in [0.25, 0.3) is 88.0 Å². The first-order valence-corrected chi connectivity index (χ1v) is 17.0. The summed E-state index contributed by atoms with van der Waals surface area (Å²) in [5, 5.41) is 7.19. The molecule has 1 aromatic heterocycles. The van der Waals surface area contributed by atoms with E-state index in [4.69, 9.17) is 9.15 Å². The van der Waals surface area contributed by atoms with E-state index >= 15 is 0 Å². The van der Waals surface area contributed by atoms with Crippen LogP contribution in [0.4, 0.5) is 0 Å². The first-order valence-electron chi connectivity index (χ1n) is 17.0. The molecule has 0 atom stereocenters. The van der Waals surface area contributed by atoms with E-state index in [0.29, 0.717) is 0 Å². The van der Waals surface area contributed by atoms with Crippen molar-refractivity contribution in [2.45, 2.75) is 19.3 Å². The van der Waals surface area contributed by atoms with Crippen LogP contribution in [0.5, 0.6) is 11.5 Å². The Kier molecular flexibility index (Phi) is 5.21. The van der Waals surface area contributed by atoms with Crippen molar-refractivity contribution in [3.63, 3.8) is 0 Å². The summed E-state index contributed by atoms with van der Waals surface area (Å²) < 4.78 is 12.7. The molecule has 2 nitrogen and oxygen atoms in total. The quantitative estimate of drug-likeness (QED) is 0.190. The fraction of sp³-hybridized carbons (Fsp3) is 0.0638. The lowest BCUT2D eigenvalue weighted by molar-refractivity contribution is 0.487. The highest BCUT2D eigenvalue weighted by Crippen LogP contribution is 2.56. The molecule has 2 heteroatoms. The maximum atomic E-state index is 6.48. The number of furan rings is 1. The van der Waals surface area contributed by atoms with E-state index in [-0.39, 0.29) is 5.41 Å². The Hall–Kier alpha value is -6.12. The molecule has 2 heterocycles. The lowest BCUT2D eigenvalue weighted by Gasteiger charge is -2.25. The van der Waals surface area contributed by atoms with Crippen LogP contribution in [0.1, 0.15) is 25.0 Å². The molecule has 1 aliphatic heterocycles. The van der Waals surface area contributed by atoms with Crippen molar-refractivity contribution in [2.75, 3.05) is 0 Å². The van der Waals surface area contributed by atoms with Crippen molar-refractivity contribution in [2.24, 2.45) is 0 Å². The number of ether oxygens (including phenoxy) is 1. The van der Waals surface area contributed by atoms with E-state index in [1.54, 1.807) is 0 Å². The molecule has 0 fully saturated rings. The van der Waals surface area contributed by atoms with Gasteiger partial charge in [-0.1, -0.05) is 105 Å². The summed E-state index contributed by atoms with van der Waals surface area (Å²) in [4.78, 5) is 0. The standard InChI is InChI=1S/C47H30O2/c1-47(2)39-25-28-11-4-3-10-27(28)22-38(39)45-36(29-18-20-43-37(23-29)33-13-6-8-17-42(33)48-43)24-30(26-40(45)47)31-19-21-44-46-34(31)14-9-15-35(46)32-12-5-7-16-41(32)49-44/h3-26H,1-2H3. The van der Waals surface area contributed by atoms with Gasteiger partial charge in [0, 0.05) is 27.1 Å². The van der Waals surface area contributed by atoms with Crippen LogP contribution >= 0.6 is 0 Å². The van der Waals surface area contributed by atoms with E-state index in [2.05, 4.69) is 147 Å². The summed E-state index contributed by atoms with van der Waals surface area (Å²) in [6, 6.07) is 52.9. The molecule has 230 valence electrons. The van der Waals surface area contributed by atoms with Gasteiger partial charge in [-0.3, -0.25) is 0 Å². The smallest absolute Gasteiger partial charge is 0.135 e. The van der Waals surface area contributed by atoms with Gasteiger partial charge in [0.25, 0.3) is 0 Å². The van der Waals surface area contributed by atoms with Crippen LogP contribution in [-0.4, -0.2) is 0 Å². The zero-order valence-corrected chi connectivity index (χ0v) is 27.2. The van der Waals surface area contributed by atoms with E-state index in [9.17, 15) is 0 Å². The molecule has 0 bridgehead atoms. The Morgan fingerprint density at radius 3 is 2.10 bits per heavy atom. The highest BCUT2D eigenvalue weighted by atomic mass is 16.5. The van der Waals surface area contributed by atoms with Gasteiger partial charge in [0.1, 0.15) is 22.7 Å². The number of fused-ring (bicyclic) bond motifs is 9. The van der Waals surface area contributed by atoms with Crippen molar-refractivity contribution in [1.82, 2.24) is 0 Å². The third-order valence-electron chi connectivity index (χ3n) is 11.0. The van der Waals surface area contributed by atoms with Gasteiger partial charge in [-0.05, 0) is 121 Å². The third-order valence-corrected chi connectivity index (χ3v) is 11.0. The van der Waals surface area contributed by atoms with Crippen molar-refractivity contribution < 1.29 is 9.15 Å². The minimum Gasteiger partial charge on any atom is -0.456 e. The molecule has 49 heavy (non-hydrogen) atoms. The fourth-order valence-electron chi connectivity index (χ4n) is 8.64. The molecule has 0 unspecified atom stereocenters. The molecular formula is C47H30O2. The van der Waals surface area contributed by atoms with Gasteiger partial charge in [-0.15, -0.1) is 0 Å². The average Bonchev–Trinajstić information content (AvgIpc) is 3.62. The zero-order valence-electron chi connectivity index (χ0n) is 27.2. The maximum absolute atomic E-state index is 6.48. The number of hydrogen-bond donors (Lipinski definition) is 0. The first-order chi connectivity index (χ1) is 24.0. The van der Waals surface area contributed by atoms with Gasteiger partial charge in [-0.2, -0.15) is 0 Å². The molecule has 2 aliphatic rings. The van der Waals surface area contributed by atoms with E-state index in [1.165, 1.54) is 71.6 Å². The molecule has 0 amide bonds. The van der Waals surface area contributed by atoms with Gasteiger partial charge in [-0.25, -0.2) is 0 Å². The van der Waals surface area contributed by atoms with Gasteiger partial charge in [0.05, 0.1) is 0 Å². The van der Waals surface area contributed by atoms with Crippen LogP contribution in [0.3, 0.4) is 0 Å². The minimum absolute atomic E-state index is 0.194. The zero-order chi connectivity index (χ0) is 32.4. The summed E-state index contributed by atoms with van der Waals surface area (Å²) in [6.45, 7) is 4.77. The Balaban J connectivity index is 1.22. The highest BCUT2D eigenvalue weighted by molar-refractivity contribution is 6.12. The first kappa shape index (κ1) is 26.9. The second-order valence-corrected chi connectivity index (χ2v) is 14.1. The molecule has 11 rings (SSSR count). The molecule has 8 aromatic carbocycles. The van der Waals surface area contributed by atoms with E-state index in [1.807, 2.05) is 12.1 Å². The van der Waals surface area contributed by atoms with Crippen LogP contribution < -0.4 is 4.74 Å². The van der Waals surface area contributed by atoms with E-state index in [0.717, 1.165) is 39.0 Å². The number of benzene rings is 8. The Labute approximate surface area is 283 Å². The monoisotopic (exact) mass is 626 g/mol. The third kappa shape index (κ3) is 3.66. The lowest BCUT2D eigenvalue weighted by atomic mass is 9.79. The normalized spacial score (nSPS) is 13.8. The SMILES string of the molecule is CC1(C)c2cc3ccccc3cc2-c2c(-c3ccc4oc5ccccc5c4c3)cc(-c3ccc4c5c(cccc35)-c3ccccc3O4)cc21. The summed E-state index contributed by atoms with van der Waals surface area (Å²) >= 11 is 0. The van der Waals surface area contributed by atoms with Crippen molar-refractivity contribution in [3.05, 3.63) is 157 Å². The largest absolute Gasteiger partial charge is 0.456 e. The summed E-state index contributed by atoms with van der Waals surface area (Å²) in [5.41, 5.74) is 14.2. The number of rotatable bonds is 2. The second-order valence-electron chi connectivity index (χ2n) is 14.1. The highest BCUT2D eigenvalue weighted by Gasteiger charge is 2.38. The number of para-hydroxylation sites is 2. The average molecular weight is 627 g/mol. The fourth-order valence-corrected chi connectivity index (χ4v) is 8.64. The Bertz CT molecular complexity index is 2880. The molecule has 0 N–H and O–H groups in total. The number of hydrogen-bond acceptors (Lipinski definition) is 2. The van der Waals surface area contributed by atoms with Crippen molar-refractivity contribution in [3.8, 4) is 56.0 Å². The van der Waals surface area contributed by atoms with Crippen LogP contribution in [0, 0.1) is 0 Å². The molecule has 9 aromatic rings. The molecule has 0 radical (unpaired) electrons. The topological polar surface area (TPSA) is 22.4 Å². The van der Waals surface area contributed by atoms with Gasteiger partial charge in [0.2, 0.25) is 0 Å². The predicted molar refractivity (Wildman–Crippen MR) is 203 cm³/mol. The van der Waals surface area contributed by atoms with Crippen LogP contribution in [-0.2, 0) is 5.41 Å². The van der Waals surface area contributed by atoms with Gasteiger partial charge < -0.3 is 9.15 Å². The van der Waals surface area contributed by atoms with Crippen molar-refractivity contribution >= 4 is 43.5 Å². The minimum atomic E-state index is -0.194. The summed E-state index contributed by atoms with van der Waals surface area (Å²) in [6.07, 6.45) is 0. The molecule has 0 spiro atoms. The Morgan fingerprint density at radius 1 is 0.429 bits per heavy atom. The second kappa shape index (κ2) is 9.49. The molecular weight excluding hydrogens is 597 g/mol. The van der Waals surface area contributed by atoms with Crippen LogP contribution in [0.15, 0.2) is 150 Å². The lowest BCUT2D eigenvalue weighted by Crippen LogP contribution is -2.15. The van der Waals surface area contributed by atoms with Crippen LogP contribution in [0.2, 0.25) is 0 Å². The van der Waals surface area contributed by atoms with Gasteiger partial charge >= 0.3 is 0 Å². The summed E-state index contributed by atoms with van der Waals surface area (Å²) in [7, 11) is 0. The molecule has 1 aliphatic carbocycles.